The minimum absolute atomic E-state index is 0. The molecule has 0 amide bonds. The van der Waals surface area contributed by atoms with Gasteiger partial charge in [-0.15, -0.1) is 24.0 Å². The fourth-order valence-electron chi connectivity index (χ4n) is 3.80. The van der Waals surface area contributed by atoms with E-state index in [1.807, 2.05) is 6.92 Å². The molecule has 3 unspecified atom stereocenters. The van der Waals surface area contributed by atoms with Crippen LogP contribution in [0.5, 0.6) is 0 Å². The predicted molar refractivity (Wildman–Crippen MR) is 125 cm³/mol. The Hall–Kier alpha value is -0.680. The molecule has 2 heterocycles. The van der Waals surface area contributed by atoms with Crippen molar-refractivity contribution in [3.63, 3.8) is 0 Å². The number of hydrogen-bond acceptors (Lipinski definition) is 4. The molecule has 0 spiro atoms. The number of aliphatic imine (C=N–C) groups is 1. The number of halogens is 3. The molecule has 0 radical (unpaired) electrons. The van der Waals surface area contributed by atoms with Gasteiger partial charge in [0.1, 0.15) is 5.82 Å². The quantitative estimate of drug-likeness (QED) is 0.330. The molecule has 2 N–H and O–H groups in total. The van der Waals surface area contributed by atoms with Gasteiger partial charge in [-0.1, -0.05) is 17.7 Å². The van der Waals surface area contributed by atoms with E-state index in [1.165, 1.54) is 6.07 Å². The Balaban J connectivity index is 0.00000300. The number of benzene rings is 1. The van der Waals surface area contributed by atoms with Gasteiger partial charge in [0, 0.05) is 50.4 Å². The molecule has 0 aliphatic carbocycles. The van der Waals surface area contributed by atoms with Gasteiger partial charge in [-0.3, -0.25) is 9.89 Å². The highest BCUT2D eigenvalue weighted by Gasteiger charge is 2.29. The SMILES string of the molecule is CN=C(NCC1CCCO1)NCC(c1c(F)cccc1Cl)N1CCOC(C)C1.I. The van der Waals surface area contributed by atoms with Crippen molar-refractivity contribution >= 4 is 41.5 Å². The highest BCUT2D eigenvalue weighted by Crippen LogP contribution is 2.31. The third-order valence-corrected chi connectivity index (χ3v) is 5.58. The summed E-state index contributed by atoms with van der Waals surface area (Å²) in [5.74, 6) is 0.384. The van der Waals surface area contributed by atoms with Crippen molar-refractivity contribution in [2.24, 2.45) is 4.99 Å². The normalized spacial score (nSPS) is 24.1. The molecule has 2 aliphatic rings. The van der Waals surface area contributed by atoms with Gasteiger partial charge in [0.05, 0.1) is 24.9 Å². The lowest BCUT2D eigenvalue weighted by molar-refractivity contribution is -0.0343. The molecule has 1 aromatic carbocycles. The minimum atomic E-state index is -0.291. The van der Waals surface area contributed by atoms with Crippen molar-refractivity contribution in [2.75, 3.05) is 46.4 Å². The first kappa shape index (κ1) is 24.6. The van der Waals surface area contributed by atoms with Gasteiger partial charge in [0.25, 0.3) is 0 Å². The van der Waals surface area contributed by atoms with Crippen molar-refractivity contribution in [2.45, 2.75) is 38.0 Å². The number of hydrogen-bond donors (Lipinski definition) is 2. The molecule has 6 nitrogen and oxygen atoms in total. The Bertz CT molecular complexity index is 656. The van der Waals surface area contributed by atoms with Gasteiger partial charge in [0.15, 0.2) is 5.96 Å². The van der Waals surface area contributed by atoms with Gasteiger partial charge < -0.3 is 20.1 Å². The molecule has 0 saturated carbocycles. The molecule has 164 valence electrons. The number of ether oxygens (including phenoxy) is 2. The van der Waals surface area contributed by atoms with Crippen LogP contribution in [0.25, 0.3) is 0 Å². The first-order chi connectivity index (χ1) is 13.6. The standard InChI is InChI=1S/C20H30ClFN4O2.HI/c1-14-13-26(8-10-27-14)18(19-16(21)6-3-7-17(19)22)12-25-20(23-2)24-11-15-5-4-9-28-15;/h3,6-7,14-15,18H,4-5,8-13H2,1-2H3,(H2,23,24,25);1H. The monoisotopic (exact) mass is 540 g/mol. The third kappa shape index (κ3) is 6.92. The molecule has 29 heavy (non-hydrogen) atoms. The number of nitrogens with zero attached hydrogens (tertiary/aromatic N) is 2. The minimum Gasteiger partial charge on any atom is -0.376 e. The van der Waals surface area contributed by atoms with Gasteiger partial charge in [-0.25, -0.2) is 4.39 Å². The molecular formula is C20H31ClFIN4O2. The summed E-state index contributed by atoms with van der Waals surface area (Å²) >= 11 is 6.39. The smallest absolute Gasteiger partial charge is 0.191 e. The summed E-state index contributed by atoms with van der Waals surface area (Å²) in [5, 5.41) is 7.08. The van der Waals surface area contributed by atoms with E-state index in [0.717, 1.165) is 32.5 Å². The molecule has 0 aromatic heterocycles. The van der Waals surface area contributed by atoms with Crippen LogP contribution in [0.1, 0.15) is 31.4 Å². The van der Waals surface area contributed by atoms with E-state index in [2.05, 4.69) is 20.5 Å². The lowest BCUT2D eigenvalue weighted by Crippen LogP contribution is -2.49. The molecule has 0 bridgehead atoms. The van der Waals surface area contributed by atoms with E-state index < -0.39 is 0 Å². The number of guanidine groups is 1. The Kier molecular flexibility index (Phi) is 10.4. The van der Waals surface area contributed by atoms with Crippen LogP contribution in [0.4, 0.5) is 4.39 Å². The summed E-state index contributed by atoms with van der Waals surface area (Å²) < 4.78 is 26.0. The number of morpholine rings is 1. The first-order valence-corrected chi connectivity index (χ1v) is 10.3. The van der Waals surface area contributed by atoms with Crippen molar-refractivity contribution in [1.82, 2.24) is 15.5 Å². The second-order valence-corrected chi connectivity index (χ2v) is 7.70. The van der Waals surface area contributed by atoms with E-state index in [9.17, 15) is 4.39 Å². The summed E-state index contributed by atoms with van der Waals surface area (Å²) in [5.41, 5.74) is 0.514. The second kappa shape index (κ2) is 12.2. The van der Waals surface area contributed by atoms with Crippen molar-refractivity contribution < 1.29 is 13.9 Å². The Morgan fingerprint density at radius 3 is 2.83 bits per heavy atom. The van der Waals surface area contributed by atoms with Crippen LogP contribution in [-0.2, 0) is 9.47 Å². The van der Waals surface area contributed by atoms with Crippen LogP contribution in [0.2, 0.25) is 5.02 Å². The summed E-state index contributed by atoms with van der Waals surface area (Å²) in [6, 6.07) is 4.61. The molecular weight excluding hydrogens is 510 g/mol. The zero-order valence-electron chi connectivity index (χ0n) is 17.0. The average molecular weight is 541 g/mol. The first-order valence-electron chi connectivity index (χ1n) is 9.94. The lowest BCUT2D eigenvalue weighted by Gasteiger charge is -2.38. The summed E-state index contributed by atoms with van der Waals surface area (Å²) in [6.45, 7) is 6.11. The molecule has 2 saturated heterocycles. The predicted octanol–water partition coefficient (Wildman–Crippen LogP) is 3.20. The van der Waals surface area contributed by atoms with Gasteiger partial charge >= 0.3 is 0 Å². The zero-order chi connectivity index (χ0) is 19.9. The second-order valence-electron chi connectivity index (χ2n) is 7.30. The third-order valence-electron chi connectivity index (χ3n) is 5.25. The lowest BCUT2D eigenvalue weighted by atomic mass is 10.0. The van der Waals surface area contributed by atoms with Crippen LogP contribution in [-0.4, -0.2) is 69.5 Å². The van der Waals surface area contributed by atoms with Gasteiger partial charge in [-0.2, -0.15) is 0 Å². The fourth-order valence-corrected chi connectivity index (χ4v) is 4.09. The van der Waals surface area contributed by atoms with Crippen molar-refractivity contribution in [3.8, 4) is 0 Å². The molecule has 2 aliphatic heterocycles. The van der Waals surface area contributed by atoms with E-state index in [4.69, 9.17) is 21.1 Å². The molecule has 1 aromatic rings. The molecule has 3 atom stereocenters. The van der Waals surface area contributed by atoms with E-state index in [0.29, 0.717) is 36.2 Å². The largest absolute Gasteiger partial charge is 0.376 e. The van der Waals surface area contributed by atoms with E-state index >= 15 is 0 Å². The van der Waals surface area contributed by atoms with Crippen molar-refractivity contribution in [3.05, 3.63) is 34.6 Å². The maximum atomic E-state index is 14.7. The Labute approximate surface area is 194 Å². The average Bonchev–Trinajstić information content (AvgIpc) is 3.20. The van der Waals surface area contributed by atoms with E-state index in [-0.39, 0.29) is 48.0 Å². The van der Waals surface area contributed by atoms with Gasteiger partial charge in [0.2, 0.25) is 0 Å². The van der Waals surface area contributed by atoms with Crippen LogP contribution in [0.15, 0.2) is 23.2 Å². The van der Waals surface area contributed by atoms with Crippen molar-refractivity contribution in [1.29, 1.82) is 0 Å². The summed E-state index contributed by atoms with van der Waals surface area (Å²) in [6.07, 6.45) is 2.47. The molecule has 9 heteroatoms. The van der Waals surface area contributed by atoms with Crippen LogP contribution < -0.4 is 10.6 Å². The van der Waals surface area contributed by atoms with Crippen LogP contribution in [0.3, 0.4) is 0 Å². The highest BCUT2D eigenvalue weighted by molar-refractivity contribution is 14.0. The topological polar surface area (TPSA) is 58.1 Å². The van der Waals surface area contributed by atoms with Gasteiger partial charge in [-0.05, 0) is 31.9 Å². The fraction of sp³-hybridized carbons (Fsp3) is 0.650. The Morgan fingerprint density at radius 1 is 1.34 bits per heavy atom. The van der Waals surface area contributed by atoms with Crippen LogP contribution >= 0.6 is 35.6 Å². The summed E-state index contributed by atoms with van der Waals surface area (Å²) in [4.78, 5) is 6.51. The molecule has 2 fully saturated rings. The number of rotatable bonds is 6. The maximum Gasteiger partial charge on any atom is 0.191 e. The zero-order valence-corrected chi connectivity index (χ0v) is 20.1. The molecule has 3 rings (SSSR count). The Morgan fingerprint density at radius 2 is 2.17 bits per heavy atom. The highest BCUT2D eigenvalue weighted by atomic mass is 127. The van der Waals surface area contributed by atoms with Crippen LogP contribution in [0, 0.1) is 5.82 Å². The van der Waals surface area contributed by atoms with E-state index in [1.54, 1.807) is 19.2 Å². The summed E-state index contributed by atoms with van der Waals surface area (Å²) in [7, 11) is 1.73. The number of nitrogens with one attached hydrogen (secondary N) is 2. The maximum absolute atomic E-state index is 14.7.